The molecule has 1 aliphatic carbocycles. The van der Waals surface area contributed by atoms with Gasteiger partial charge in [0.15, 0.2) is 0 Å². The molecule has 22 heavy (non-hydrogen) atoms. The Labute approximate surface area is 133 Å². The summed E-state index contributed by atoms with van der Waals surface area (Å²) in [4.78, 5) is 13.8. The molecule has 0 aromatic heterocycles. The molecule has 2 N–H and O–H groups in total. The molecule has 1 amide bonds. The molecule has 0 bridgehead atoms. The van der Waals surface area contributed by atoms with Gasteiger partial charge >= 0.3 is 0 Å². The Bertz CT molecular complexity index is 561. The fourth-order valence-corrected chi connectivity index (χ4v) is 3.59. The molecule has 1 heterocycles. The molecule has 3 unspecified atom stereocenters. The predicted octanol–water partition coefficient (Wildman–Crippen LogP) is 2.73. The molecule has 3 nitrogen and oxygen atoms in total. The molecular formula is C15H18ClF3N2O. The second-order valence-corrected chi connectivity index (χ2v) is 5.97. The van der Waals surface area contributed by atoms with Crippen LogP contribution in [-0.2, 0) is 0 Å². The maximum absolute atomic E-state index is 13.7. The summed E-state index contributed by atoms with van der Waals surface area (Å²) in [5.41, 5.74) is 5.39. The summed E-state index contributed by atoms with van der Waals surface area (Å²) in [6.07, 6.45) is 2.92. The summed E-state index contributed by atoms with van der Waals surface area (Å²) < 4.78 is 40.3. The number of benzene rings is 1. The van der Waals surface area contributed by atoms with Gasteiger partial charge < -0.3 is 10.6 Å². The molecule has 2 fully saturated rings. The fraction of sp³-hybridized carbons (Fsp3) is 0.533. The van der Waals surface area contributed by atoms with Gasteiger partial charge in [-0.2, -0.15) is 0 Å². The molecular weight excluding hydrogens is 317 g/mol. The van der Waals surface area contributed by atoms with Crippen molar-refractivity contribution in [3.63, 3.8) is 0 Å². The van der Waals surface area contributed by atoms with Crippen molar-refractivity contribution < 1.29 is 18.0 Å². The number of nitrogens with zero attached hydrogens (tertiary/aromatic N) is 1. The number of rotatable bonds is 1. The number of carbonyl (C=O) groups excluding carboxylic acids is 1. The predicted molar refractivity (Wildman–Crippen MR) is 78.3 cm³/mol. The van der Waals surface area contributed by atoms with Crippen molar-refractivity contribution >= 4 is 18.3 Å². The van der Waals surface area contributed by atoms with Gasteiger partial charge in [-0.05, 0) is 24.7 Å². The lowest BCUT2D eigenvalue weighted by molar-refractivity contribution is 0.0773. The van der Waals surface area contributed by atoms with Crippen molar-refractivity contribution in [3.8, 4) is 0 Å². The molecule has 1 saturated carbocycles. The minimum absolute atomic E-state index is 0. The van der Waals surface area contributed by atoms with Crippen LogP contribution in [0.15, 0.2) is 12.1 Å². The first kappa shape index (κ1) is 17.1. The second kappa shape index (κ2) is 6.46. The van der Waals surface area contributed by atoms with Crippen LogP contribution < -0.4 is 5.73 Å². The van der Waals surface area contributed by atoms with E-state index in [4.69, 9.17) is 5.73 Å². The Morgan fingerprint density at radius 1 is 1.14 bits per heavy atom. The van der Waals surface area contributed by atoms with Crippen molar-refractivity contribution in [2.45, 2.75) is 25.3 Å². The number of nitrogens with two attached hydrogens (primary N) is 1. The van der Waals surface area contributed by atoms with Gasteiger partial charge in [0, 0.05) is 31.3 Å². The number of likely N-dealkylation sites (tertiary alicyclic amines) is 1. The van der Waals surface area contributed by atoms with Crippen molar-refractivity contribution in [1.29, 1.82) is 0 Å². The smallest absolute Gasteiger partial charge is 0.259 e. The second-order valence-electron chi connectivity index (χ2n) is 5.97. The number of fused-ring (bicyclic) bond motifs is 1. The number of hydrogen-bond donors (Lipinski definition) is 1. The van der Waals surface area contributed by atoms with Crippen LogP contribution >= 0.6 is 12.4 Å². The SMILES string of the molecule is Cl.NC1CCCC2CN(C(=O)c3c(F)cc(F)cc3F)CC12. The molecule has 1 saturated heterocycles. The molecule has 0 radical (unpaired) electrons. The molecule has 1 aliphatic heterocycles. The molecule has 7 heteroatoms. The Balaban J connectivity index is 0.00000176. The highest BCUT2D eigenvalue weighted by Gasteiger charge is 2.41. The van der Waals surface area contributed by atoms with Crippen LogP contribution in [0.4, 0.5) is 13.2 Å². The van der Waals surface area contributed by atoms with Gasteiger partial charge in [-0.25, -0.2) is 13.2 Å². The molecule has 1 aromatic carbocycles. The van der Waals surface area contributed by atoms with E-state index in [1.54, 1.807) is 0 Å². The summed E-state index contributed by atoms with van der Waals surface area (Å²) >= 11 is 0. The number of carbonyl (C=O) groups is 1. The topological polar surface area (TPSA) is 46.3 Å². The number of amides is 1. The van der Waals surface area contributed by atoms with Gasteiger partial charge in [-0.1, -0.05) is 6.42 Å². The van der Waals surface area contributed by atoms with E-state index in [0.717, 1.165) is 19.3 Å². The number of halogens is 4. The van der Waals surface area contributed by atoms with Crippen molar-refractivity contribution in [1.82, 2.24) is 4.90 Å². The zero-order valence-electron chi connectivity index (χ0n) is 11.9. The van der Waals surface area contributed by atoms with Crippen LogP contribution in [0, 0.1) is 29.3 Å². The van der Waals surface area contributed by atoms with Crippen molar-refractivity contribution in [2.75, 3.05) is 13.1 Å². The lowest BCUT2D eigenvalue weighted by Crippen LogP contribution is -2.38. The van der Waals surface area contributed by atoms with Crippen LogP contribution in [-0.4, -0.2) is 29.9 Å². The summed E-state index contributed by atoms with van der Waals surface area (Å²) in [5.74, 6) is -3.57. The highest BCUT2D eigenvalue weighted by molar-refractivity contribution is 5.95. The molecule has 1 aromatic rings. The lowest BCUT2D eigenvalue weighted by atomic mass is 9.78. The van der Waals surface area contributed by atoms with Crippen molar-refractivity contribution in [2.24, 2.45) is 17.6 Å². The van der Waals surface area contributed by atoms with E-state index < -0.39 is 28.9 Å². The molecule has 3 atom stereocenters. The van der Waals surface area contributed by atoms with E-state index in [0.29, 0.717) is 31.1 Å². The zero-order valence-corrected chi connectivity index (χ0v) is 12.7. The van der Waals surface area contributed by atoms with Crippen LogP contribution in [0.5, 0.6) is 0 Å². The number of hydrogen-bond acceptors (Lipinski definition) is 2. The molecule has 3 rings (SSSR count). The van der Waals surface area contributed by atoms with E-state index in [1.165, 1.54) is 4.90 Å². The van der Waals surface area contributed by atoms with E-state index in [2.05, 4.69) is 0 Å². The minimum atomic E-state index is -1.16. The summed E-state index contributed by atoms with van der Waals surface area (Å²) in [7, 11) is 0. The van der Waals surface area contributed by atoms with Gasteiger partial charge in [-0.3, -0.25) is 4.79 Å². The average molecular weight is 335 g/mol. The first-order chi connectivity index (χ1) is 9.97. The van der Waals surface area contributed by atoms with Gasteiger partial charge in [0.05, 0.1) is 0 Å². The minimum Gasteiger partial charge on any atom is -0.338 e. The Morgan fingerprint density at radius 3 is 2.36 bits per heavy atom. The lowest BCUT2D eigenvalue weighted by Gasteiger charge is -2.29. The van der Waals surface area contributed by atoms with E-state index in [9.17, 15) is 18.0 Å². The molecule has 2 aliphatic rings. The van der Waals surface area contributed by atoms with Gasteiger partial charge in [0.2, 0.25) is 0 Å². The van der Waals surface area contributed by atoms with Crippen LogP contribution in [0.2, 0.25) is 0 Å². The molecule has 0 spiro atoms. The highest BCUT2D eigenvalue weighted by Crippen LogP contribution is 2.36. The molecule has 122 valence electrons. The Hall–Kier alpha value is -1.27. The van der Waals surface area contributed by atoms with Crippen LogP contribution in [0.3, 0.4) is 0 Å². The van der Waals surface area contributed by atoms with Crippen molar-refractivity contribution in [3.05, 3.63) is 35.1 Å². The monoisotopic (exact) mass is 334 g/mol. The maximum atomic E-state index is 13.7. The summed E-state index contributed by atoms with van der Waals surface area (Å²) in [6.45, 7) is 0.883. The van der Waals surface area contributed by atoms with Crippen LogP contribution in [0.1, 0.15) is 29.6 Å². The van der Waals surface area contributed by atoms with Gasteiger partial charge in [0.25, 0.3) is 5.91 Å². The van der Waals surface area contributed by atoms with E-state index >= 15 is 0 Å². The van der Waals surface area contributed by atoms with E-state index in [1.807, 2.05) is 0 Å². The third kappa shape index (κ3) is 2.94. The first-order valence-electron chi connectivity index (χ1n) is 7.16. The Morgan fingerprint density at radius 2 is 1.77 bits per heavy atom. The summed E-state index contributed by atoms with van der Waals surface area (Å²) in [6, 6.07) is 1.10. The fourth-order valence-electron chi connectivity index (χ4n) is 3.59. The van der Waals surface area contributed by atoms with Gasteiger partial charge in [-0.15, -0.1) is 12.4 Å². The quantitative estimate of drug-likeness (QED) is 0.858. The standard InChI is InChI=1S/C15H17F3N2O.ClH/c16-9-4-11(17)14(12(18)5-9)15(21)20-6-8-2-1-3-13(19)10(8)7-20;/h4-5,8,10,13H,1-3,6-7,19H2;1H. The third-order valence-corrected chi connectivity index (χ3v) is 4.66. The van der Waals surface area contributed by atoms with E-state index in [-0.39, 0.29) is 24.4 Å². The normalized spacial score (nSPS) is 27.3. The van der Waals surface area contributed by atoms with Crippen LogP contribution in [0.25, 0.3) is 0 Å². The highest BCUT2D eigenvalue weighted by atomic mass is 35.5. The average Bonchev–Trinajstić information content (AvgIpc) is 2.82. The zero-order chi connectivity index (χ0) is 15.1. The third-order valence-electron chi connectivity index (χ3n) is 4.66. The Kier molecular flexibility index (Phi) is 5.02. The maximum Gasteiger partial charge on any atom is 0.259 e. The largest absolute Gasteiger partial charge is 0.338 e. The first-order valence-corrected chi connectivity index (χ1v) is 7.16. The van der Waals surface area contributed by atoms with Gasteiger partial charge in [0.1, 0.15) is 23.0 Å². The summed E-state index contributed by atoms with van der Waals surface area (Å²) in [5, 5.41) is 0.